The molecule has 0 saturated carbocycles. The molecule has 7 nitrogen and oxygen atoms in total. The van der Waals surface area contributed by atoms with E-state index in [-0.39, 0.29) is 16.8 Å². The van der Waals surface area contributed by atoms with Crippen LogP contribution in [0.15, 0.2) is 11.2 Å². The number of nitrogens with zero attached hydrogens (tertiary/aromatic N) is 2. The zero-order chi connectivity index (χ0) is 14.4. The van der Waals surface area contributed by atoms with E-state index in [1.54, 1.807) is 0 Å². The molecule has 2 N–H and O–H groups in total. The first kappa shape index (κ1) is 15.5. The highest BCUT2D eigenvalue weighted by Gasteiger charge is 2.19. The van der Waals surface area contributed by atoms with Crippen LogP contribution in [-0.2, 0) is 9.59 Å². The molecular formula is C10H12ClN3O4S. The van der Waals surface area contributed by atoms with Gasteiger partial charge < -0.3 is 15.2 Å². The van der Waals surface area contributed by atoms with E-state index in [1.165, 1.54) is 20.2 Å². The van der Waals surface area contributed by atoms with Crippen LogP contribution in [0.5, 0.6) is 6.01 Å². The normalized spacial score (nSPS) is 11.7. The van der Waals surface area contributed by atoms with Gasteiger partial charge in [0.2, 0.25) is 5.91 Å². The minimum Gasteiger partial charge on any atom is -0.480 e. The maximum atomic E-state index is 10.9. The van der Waals surface area contributed by atoms with E-state index >= 15 is 0 Å². The van der Waals surface area contributed by atoms with E-state index in [9.17, 15) is 9.59 Å². The Morgan fingerprint density at radius 1 is 1.63 bits per heavy atom. The first-order chi connectivity index (χ1) is 8.93. The summed E-state index contributed by atoms with van der Waals surface area (Å²) in [4.78, 5) is 29.6. The highest BCUT2D eigenvalue weighted by Crippen LogP contribution is 2.26. The lowest BCUT2D eigenvalue weighted by Gasteiger charge is -2.12. The molecule has 0 radical (unpaired) electrons. The van der Waals surface area contributed by atoms with Crippen molar-refractivity contribution in [3.05, 3.63) is 11.2 Å². The number of halogens is 1. The minimum atomic E-state index is -1.13. The number of rotatable bonds is 6. The summed E-state index contributed by atoms with van der Waals surface area (Å²) >= 11 is 6.98. The fourth-order valence-electron chi connectivity index (χ4n) is 1.12. The van der Waals surface area contributed by atoms with Crippen molar-refractivity contribution in [2.75, 3.05) is 12.9 Å². The van der Waals surface area contributed by atoms with Crippen molar-refractivity contribution in [2.24, 2.45) is 0 Å². The molecule has 1 heterocycles. The van der Waals surface area contributed by atoms with Crippen LogP contribution in [0.3, 0.4) is 0 Å². The van der Waals surface area contributed by atoms with Crippen molar-refractivity contribution in [3.63, 3.8) is 0 Å². The van der Waals surface area contributed by atoms with E-state index < -0.39 is 17.9 Å². The molecule has 1 amide bonds. The summed E-state index contributed by atoms with van der Waals surface area (Å²) < 4.78 is 4.85. The number of aromatic nitrogens is 2. The molecule has 19 heavy (non-hydrogen) atoms. The van der Waals surface area contributed by atoms with Crippen molar-refractivity contribution in [3.8, 4) is 6.01 Å². The number of carboxylic acids is 1. The second-order valence-corrected chi connectivity index (χ2v) is 4.83. The number of nitrogens with one attached hydrogen (secondary N) is 1. The summed E-state index contributed by atoms with van der Waals surface area (Å²) in [6.07, 6.45) is 1.36. The van der Waals surface area contributed by atoms with Crippen LogP contribution >= 0.6 is 23.4 Å². The van der Waals surface area contributed by atoms with Gasteiger partial charge in [0.15, 0.2) is 0 Å². The van der Waals surface area contributed by atoms with Gasteiger partial charge in [-0.3, -0.25) is 4.79 Å². The fourth-order valence-corrected chi connectivity index (χ4v) is 2.26. The molecule has 0 spiro atoms. The van der Waals surface area contributed by atoms with Crippen LogP contribution in [-0.4, -0.2) is 45.9 Å². The molecule has 0 unspecified atom stereocenters. The average molecular weight is 306 g/mol. The van der Waals surface area contributed by atoms with Crippen LogP contribution in [0, 0.1) is 0 Å². The molecule has 9 heteroatoms. The molecule has 104 valence electrons. The Balaban J connectivity index is 2.73. The highest BCUT2D eigenvalue weighted by atomic mass is 35.5. The van der Waals surface area contributed by atoms with Gasteiger partial charge in [-0.15, -0.1) is 11.8 Å². The van der Waals surface area contributed by atoms with Crippen LogP contribution in [0.1, 0.15) is 6.92 Å². The molecule has 1 aromatic rings. The van der Waals surface area contributed by atoms with Crippen LogP contribution in [0.25, 0.3) is 0 Å². The summed E-state index contributed by atoms with van der Waals surface area (Å²) in [5.41, 5.74) is 0. The number of carboxylic acid groups (broad SMARTS) is 1. The van der Waals surface area contributed by atoms with Crippen molar-refractivity contribution in [1.29, 1.82) is 0 Å². The van der Waals surface area contributed by atoms with Crippen LogP contribution in [0.4, 0.5) is 0 Å². The highest BCUT2D eigenvalue weighted by molar-refractivity contribution is 7.99. The van der Waals surface area contributed by atoms with Crippen molar-refractivity contribution in [1.82, 2.24) is 15.3 Å². The summed E-state index contributed by atoms with van der Waals surface area (Å²) in [7, 11) is 1.41. The predicted octanol–water partition coefficient (Wildman–Crippen LogP) is 0.820. The molecule has 0 bridgehead atoms. The number of hydrogen-bond acceptors (Lipinski definition) is 6. The lowest BCUT2D eigenvalue weighted by atomic mass is 10.3. The zero-order valence-corrected chi connectivity index (χ0v) is 11.8. The molecule has 0 aliphatic carbocycles. The fraction of sp³-hybridized carbons (Fsp3) is 0.400. The molecule has 1 aromatic heterocycles. The van der Waals surface area contributed by atoms with Gasteiger partial charge in [0.1, 0.15) is 11.1 Å². The van der Waals surface area contributed by atoms with Crippen molar-refractivity contribution < 1.29 is 19.4 Å². The molecule has 0 saturated heterocycles. The quantitative estimate of drug-likeness (QED) is 0.592. The molecule has 1 atom stereocenters. The van der Waals surface area contributed by atoms with Gasteiger partial charge in [0, 0.05) is 12.7 Å². The van der Waals surface area contributed by atoms with Gasteiger partial charge in [0.05, 0.1) is 18.3 Å². The number of amides is 1. The number of carbonyl (C=O) groups is 2. The van der Waals surface area contributed by atoms with Crippen molar-refractivity contribution in [2.45, 2.75) is 18.0 Å². The van der Waals surface area contributed by atoms with E-state index in [1.807, 2.05) is 0 Å². The van der Waals surface area contributed by atoms with Gasteiger partial charge >= 0.3 is 12.0 Å². The largest absolute Gasteiger partial charge is 0.480 e. The SMILES string of the molecule is COc1ncc(Cl)c(SC[C@H](NC(C)=O)C(=O)O)n1. The number of hydrogen-bond donors (Lipinski definition) is 2. The van der Waals surface area contributed by atoms with E-state index in [0.717, 1.165) is 11.8 Å². The molecular weight excluding hydrogens is 294 g/mol. The van der Waals surface area contributed by atoms with Gasteiger partial charge in [-0.05, 0) is 0 Å². The number of carbonyl (C=O) groups excluding carboxylic acids is 1. The van der Waals surface area contributed by atoms with Crippen molar-refractivity contribution >= 4 is 35.2 Å². The number of methoxy groups -OCH3 is 1. The van der Waals surface area contributed by atoms with E-state index in [4.69, 9.17) is 21.4 Å². The number of ether oxygens (including phenoxy) is 1. The van der Waals surface area contributed by atoms with Gasteiger partial charge in [0.25, 0.3) is 0 Å². The molecule has 0 aromatic carbocycles. The monoisotopic (exact) mass is 305 g/mol. The third kappa shape index (κ3) is 4.92. The zero-order valence-electron chi connectivity index (χ0n) is 10.2. The maximum absolute atomic E-state index is 10.9. The van der Waals surface area contributed by atoms with Gasteiger partial charge in [-0.25, -0.2) is 9.78 Å². The van der Waals surface area contributed by atoms with Crippen LogP contribution in [0.2, 0.25) is 5.02 Å². The first-order valence-electron chi connectivity index (χ1n) is 5.13. The maximum Gasteiger partial charge on any atom is 0.327 e. The van der Waals surface area contributed by atoms with E-state index in [2.05, 4.69) is 15.3 Å². The van der Waals surface area contributed by atoms with Gasteiger partial charge in [-0.2, -0.15) is 4.98 Å². The number of aliphatic carboxylic acids is 1. The summed E-state index contributed by atoms with van der Waals surface area (Å²) in [5, 5.41) is 12.0. The molecule has 0 aliphatic rings. The minimum absolute atomic E-state index is 0.0921. The Hall–Kier alpha value is -1.54. The second kappa shape index (κ2) is 7.15. The lowest BCUT2D eigenvalue weighted by molar-refractivity contribution is -0.140. The smallest absolute Gasteiger partial charge is 0.327 e. The predicted molar refractivity (Wildman–Crippen MR) is 69.6 cm³/mol. The Kier molecular flexibility index (Phi) is 5.84. The number of thioether (sulfide) groups is 1. The standard InChI is InChI=1S/C10H12ClN3O4S/c1-5(15)13-7(9(16)17)4-19-8-6(11)3-12-10(14-8)18-2/h3,7H,4H2,1-2H3,(H,13,15)(H,16,17)/t7-/m0/s1. The Bertz CT molecular complexity index is 486. The Morgan fingerprint density at radius 2 is 2.32 bits per heavy atom. The van der Waals surface area contributed by atoms with Crippen LogP contribution < -0.4 is 10.1 Å². The summed E-state index contributed by atoms with van der Waals surface area (Å²) in [5.74, 6) is -1.45. The van der Waals surface area contributed by atoms with E-state index in [0.29, 0.717) is 5.03 Å². The Morgan fingerprint density at radius 3 is 2.84 bits per heavy atom. The third-order valence-electron chi connectivity index (χ3n) is 1.93. The molecule has 0 fully saturated rings. The molecule has 1 rings (SSSR count). The average Bonchev–Trinajstić information content (AvgIpc) is 2.35. The lowest BCUT2D eigenvalue weighted by Crippen LogP contribution is -2.41. The molecule has 0 aliphatic heterocycles. The second-order valence-electron chi connectivity index (χ2n) is 3.41. The first-order valence-corrected chi connectivity index (χ1v) is 6.49. The summed E-state index contributed by atoms with van der Waals surface area (Å²) in [6, 6.07) is -0.877. The Labute approximate surface area is 118 Å². The third-order valence-corrected chi connectivity index (χ3v) is 3.41. The topological polar surface area (TPSA) is 101 Å². The summed E-state index contributed by atoms with van der Waals surface area (Å²) in [6.45, 7) is 1.25. The van der Waals surface area contributed by atoms with Gasteiger partial charge in [-0.1, -0.05) is 11.6 Å².